The van der Waals surface area contributed by atoms with Crippen molar-refractivity contribution in [2.24, 2.45) is 0 Å². The molecular formula is C10H19N3O3S. The minimum absolute atomic E-state index is 0.0768. The van der Waals surface area contributed by atoms with Crippen molar-refractivity contribution in [3.8, 4) is 0 Å². The summed E-state index contributed by atoms with van der Waals surface area (Å²) in [5, 5.41) is 5.66. The number of amides is 1. The number of rotatable bonds is 5. The summed E-state index contributed by atoms with van der Waals surface area (Å²) in [5.74, 6) is -0.262. The van der Waals surface area contributed by atoms with Crippen LogP contribution in [0.25, 0.3) is 0 Å². The first-order chi connectivity index (χ1) is 7.84. The lowest BCUT2D eigenvalue weighted by atomic mass is 10.0. The van der Waals surface area contributed by atoms with Crippen molar-refractivity contribution in [2.45, 2.75) is 6.92 Å². The topological polar surface area (TPSA) is 78.5 Å². The van der Waals surface area contributed by atoms with Gasteiger partial charge >= 0.3 is 0 Å². The van der Waals surface area contributed by atoms with Gasteiger partial charge in [0.05, 0.1) is 5.75 Å². The molecule has 0 saturated carbocycles. The molecule has 0 bridgehead atoms. The lowest BCUT2D eigenvalue weighted by Crippen LogP contribution is -2.39. The molecule has 0 unspecified atom stereocenters. The van der Waals surface area contributed by atoms with Crippen molar-refractivity contribution in [2.75, 3.05) is 39.5 Å². The summed E-state index contributed by atoms with van der Waals surface area (Å²) in [6.07, 6.45) is 0. The number of hydrogen-bond acceptors (Lipinski definition) is 4. The van der Waals surface area contributed by atoms with Gasteiger partial charge in [0, 0.05) is 39.3 Å². The number of nitrogens with one attached hydrogen (secondary N) is 2. The van der Waals surface area contributed by atoms with Gasteiger partial charge in [0.1, 0.15) is 0 Å². The van der Waals surface area contributed by atoms with Crippen LogP contribution < -0.4 is 10.6 Å². The SMILES string of the molecule is CC(C(=O)NCCS(=O)(=O)N(C)C)=C1CNC1. The third-order valence-corrected chi connectivity index (χ3v) is 4.58. The van der Waals surface area contributed by atoms with Gasteiger partial charge in [-0.15, -0.1) is 0 Å². The molecule has 1 aliphatic rings. The Morgan fingerprint density at radius 3 is 2.41 bits per heavy atom. The van der Waals surface area contributed by atoms with Crippen molar-refractivity contribution >= 4 is 15.9 Å². The Labute approximate surface area is 102 Å². The lowest BCUT2D eigenvalue weighted by molar-refractivity contribution is -0.117. The van der Waals surface area contributed by atoms with Crippen molar-refractivity contribution in [3.05, 3.63) is 11.1 Å². The minimum atomic E-state index is -3.24. The van der Waals surface area contributed by atoms with Gasteiger partial charge < -0.3 is 10.6 Å². The monoisotopic (exact) mass is 261 g/mol. The van der Waals surface area contributed by atoms with Crippen LogP contribution in [0.15, 0.2) is 11.1 Å². The summed E-state index contributed by atoms with van der Waals surface area (Å²) >= 11 is 0. The molecular weight excluding hydrogens is 242 g/mol. The van der Waals surface area contributed by atoms with Crippen LogP contribution >= 0.6 is 0 Å². The Bertz CT molecular complexity index is 420. The molecule has 1 fully saturated rings. The number of hydrogen-bond donors (Lipinski definition) is 2. The largest absolute Gasteiger partial charge is 0.351 e. The lowest BCUT2D eigenvalue weighted by Gasteiger charge is -2.21. The molecule has 6 nitrogen and oxygen atoms in total. The Morgan fingerprint density at radius 2 is 2.00 bits per heavy atom. The molecule has 0 aromatic heterocycles. The van der Waals surface area contributed by atoms with Crippen LogP contribution in [0.2, 0.25) is 0 Å². The van der Waals surface area contributed by atoms with Crippen LogP contribution in [0.5, 0.6) is 0 Å². The average Bonchev–Trinajstić information content (AvgIpc) is 2.14. The normalized spacial score (nSPS) is 15.6. The molecule has 1 aliphatic heterocycles. The van der Waals surface area contributed by atoms with E-state index >= 15 is 0 Å². The maximum atomic E-state index is 11.6. The molecule has 17 heavy (non-hydrogen) atoms. The molecule has 0 aromatic carbocycles. The van der Waals surface area contributed by atoms with Crippen molar-refractivity contribution < 1.29 is 13.2 Å². The van der Waals surface area contributed by atoms with Crippen LogP contribution in [0.4, 0.5) is 0 Å². The minimum Gasteiger partial charge on any atom is -0.351 e. The van der Waals surface area contributed by atoms with Gasteiger partial charge in [-0.1, -0.05) is 0 Å². The van der Waals surface area contributed by atoms with E-state index in [9.17, 15) is 13.2 Å². The Hall–Kier alpha value is -0.920. The average molecular weight is 261 g/mol. The zero-order chi connectivity index (χ0) is 13.1. The summed E-state index contributed by atoms with van der Waals surface area (Å²) in [7, 11) is -0.288. The second-order valence-electron chi connectivity index (χ2n) is 4.19. The quantitative estimate of drug-likeness (QED) is 0.617. The van der Waals surface area contributed by atoms with Gasteiger partial charge in [-0.3, -0.25) is 4.79 Å². The zero-order valence-corrected chi connectivity index (χ0v) is 11.2. The molecule has 1 heterocycles. The number of nitrogens with zero attached hydrogens (tertiary/aromatic N) is 1. The molecule has 0 atom stereocenters. The Balaban J connectivity index is 2.40. The van der Waals surface area contributed by atoms with E-state index in [0.717, 1.165) is 23.0 Å². The maximum absolute atomic E-state index is 11.6. The molecule has 0 aliphatic carbocycles. The third kappa shape index (κ3) is 3.79. The highest BCUT2D eigenvalue weighted by Gasteiger charge is 2.17. The van der Waals surface area contributed by atoms with E-state index in [4.69, 9.17) is 0 Å². The van der Waals surface area contributed by atoms with E-state index in [-0.39, 0.29) is 18.2 Å². The van der Waals surface area contributed by atoms with Gasteiger partial charge in [-0.2, -0.15) is 0 Å². The second kappa shape index (κ2) is 5.61. The van der Waals surface area contributed by atoms with E-state index in [1.807, 2.05) is 0 Å². The van der Waals surface area contributed by atoms with E-state index < -0.39 is 10.0 Å². The van der Waals surface area contributed by atoms with Gasteiger partial charge in [0.15, 0.2) is 0 Å². The van der Waals surface area contributed by atoms with Crippen LogP contribution in [0.1, 0.15) is 6.92 Å². The molecule has 7 heteroatoms. The molecule has 1 amide bonds. The fourth-order valence-corrected chi connectivity index (χ4v) is 2.01. The van der Waals surface area contributed by atoms with Gasteiger partial charge in [-0.25, -0.2) is 12.7 Å². The summed E-state index contributed by atoms with van der Waals surface area (Å²) in [6.45, 7) is 3.38. The molecule has 0 spiro atoms. The zero-order valence-electron chi connectivity index (χ0n) is 10.4. The van der Waals surface area contributed by atoms with E-state index in [0.29, 0.717) is 5.57 Å². The molecule has 98 valence electrons. The first kappa shape index (κ1) is 14.1. The first-order valence-electron chi connectivity index (χ1n) is 5.42. The fourth-order valence-electron chi connectivity index (χ4n) is 1.28. The predicted molar refractivity (Wildman–Crippen MR) is 66.1 cm³/mol. The summed E-state index contributed by atoms with van der Waals surface area (Å²) in [4.78, 5) is 11.6. The van der Waals surface area contributed by atoms with Crippen LogP contribution in [0.3, 0.4) is 0 Å². The number of sulfonamides is 1. The van der Waals surface area contributed by atoms with Crippen molar-refractivity contribution in [3.63, 3.8) is 0 Å². The molecule has 2 N–H and O–H groups in total. The first-order valence-corrected chi connectivity index (χ1v) is 7.03. The summed E-state index contributed by atoms with van der Waals surface area (Å²) < 4.78 is 24.0. The Morgan fingerprint density at radius 1 is 1.41 bits per heavy atom. The van der Waals surface area contributed by atoms with E-state index in [1.54, 1.807) is 6.92 Å². The highest BCUT2D eigenvalue weighted by Crippen LogP contribution is 2.08. The van der Waals surface area contributed by atoms with Gasteiger partial charge in [-0.05, 0) is 12.5 Å². The standard InChI is InChI=1S/C10H19N3O3S/c1-8(9-6-11-7-9)10(14)12-4-5-17(15,16)13(2)3/h11H,4-7H2,1-3H3,(H,12,14). The van der Waals surface area contributed by atoms with E-state index in [1.165, 1.54) is 14.1 Å². The summed E-state index contributed by atoms with van der Waals surface area (Å²) in [6, 6.07) is 0. The van der Waals surface area contributed by atoms with E-state index in [2.05, 4.69) is 10.6 Å². The van der Waals surface area contributed by atoms with Crippen LogP contribution in [0, 0.1) is 0 Å². The van der Waals surface area contributed by atoms with Gasteiger partial charge in [0.25, 0.3) is 0 Å². The summed E-state index contributed by atoms with van der Waals surface area (Å²) in [5.41, 5.74) is 1.77. The fraction of sp³-hybridized carbons (Fsp3) is 0.700. The molecule has 0 radical (unpaired) electrons. The molecule has 1 saturated heterocycles. The Kier molecular flexibility index (Phi) is 4.67. The highest BCUT2D eigenvalue weighted by atomic mass is 32.2. The highest BCUT2D eigenvalue weighted by molar-refractivity contribution is 7.89. The predicted octanol–water partition coefficient (Wildman–Crippen LogP) is -1.09. The van der Waals surface area contributed by atoms with Crippen molar-refractivity contribution in [1.29, 1.82) is 0 Å². The number of carbonyl (C=O) groups excluding carboxylic acids is 1. The molecule has 1 rings (SSSR count). The third-order valence-electron chi connectivity index (χ3n) is 2.75. The second-order valence-corrected chi connectivity index (χ2v) is 6.49. The van der Waals surface area contributed by atoms with Crippen LogP contribution in [-0.4, -0.2) is 58.1 Å². The number of carbonyl (C=O) groups is 1. The maximum Gasteiger partial charge on any atom is 0.246 e. The van der Waals surface area contributed by atoms with Crippen LogP contribution in [-0.2, 0) is 14.8 Å². The smallest absolute Gasteiger partial charge is 0.246 e. The van der Waals surface area contributed by atoms with Crippen molar-refractivity contribution in [1.82, 2.24) is 14.9 Å². The van der Waals surface area contributed by atoms with Gasteiger partial charge in [0.2, 0.25) is 15.9 Å². The molecule has 0 aromatic rings.